The summed E-state index contributed by atoms with van der Waals surface area (Å²) >= 11 is 0. The van der Waals surface area contributed by atoms with E-state index < -0.39 is 0 Å². The smallest absolute Gasteiger partial charge is 0.221 e. The quantitative estimate of drug-likeness (QED) is 0.770. The molecule has 29 heavy (non-hydrogen) atoms. The van der Waals surface area contributed by atoms with Gasteiger partial charge in [-0.1, -0.05) is 32.9 Å². The largest absolute Gasteiger partial charge is 0.373 e. The topological polar surface area (TPSA) is 67.4 Å². The van der Waals surface area contributed by atoms with E-state index in [0.717, 1.165) is 31.6 Å². The molecule has 158 valence electrons. The Balaban J connectivity index is 1.60. The molecule has 0 radical (unpaired) electrons. The van der Waals surface area contributed by atoms with Crippen molar-refractivity contribution in [2.24, 2.45) is 22.7 Å². The first kappa shape index (κ1) is 20.4. The number of hydrogen-bond donors (Lipinski definition) is 2. The zero-order chi connectivity index (χ0) is 20.8. The van der Waals surface area contributed by atoms with Gasteiger partial charge in [0.05, 0.1) is 6.10 Å². The zero-order valence-corrected chi connectivity index (χ0v) is 18.1. The molecule has 2 bridgehead atoms. The summed E-state index contributed by atoms with van der Waals surface area (Å²) in [4.78, 5) is 23.8. The van der Waals surface area contributed by atoms with Gasteiger partial charge in [-0.3, -0.25) is 9.59 Å². The minimum Gasteiger partial charge on any atom is -0.373 e. The van der Waals surface area contributed by atoms with Crippen LogP contribution in [0.4, 0.5) is 5.69 Å². The van der Waals surface area contributed by atoms with Crippen molar-refractivity contribution < 1.29 is 14.3 Å². The number of hydrogen-bond acceptors (Lipinski definition) is 3. The fourth-order valence-corrected chi connectivity index (χ4v) is 6.54. The van der Waals surface area contributed by atoms with Crippen molar-refractivity contribution in [2.75, 3.05) is 11.9 Å². The molecule has 5 heteroatoms. The van der Waals surface area contributed by atoms with Crippen molar-refractivity contribution in [1.82, 2.24) is 5.32 Å². The van der Waals surface area contributed by atoms with E-state index in [1.54, 1.807) is 0 Å². The van der Waals surface area contributed by atoms with Crippen LogP contribution in [-0.2, 0) is 14.3 Å². The highest BCUT2D eigenvalue weighted by Gasteiger charge is 2.68. The van der Waals surface area contributed by atoms with Gasteiger partial charge in [-0.05, 0) is 66.0 Å². The summed E-state index contributed by atoms with van der Waals surface area (Å²) in [6, 6.07) is 8.29. The van der Waals surface area contributed by atoms with E-state index in [4.69, 9.17) is 4.74 Å². The summed E-state index contributed by atoms with van der Waals surface area (Å²) in [5.41, 5.74) is 2.23. The van der Waals surface area contributed by atoms with Crippen molar-refractivity contribution in [1.29, 1.82) is 0 Å². The summed E-state index contributed by atoms with van der Waals surface area (Å²) in [6.07, 6.45) is 4.90. The maximum absolute atomic E-state index is 12.5. The number of nitrogens with one attached hydrogen (secondary N) is 2. The second-order valence-electron chi connectivity index (χ2n) is 9.89. The van der Waals surface area contributed by atoms with Crippen LogP contribution in [0.3, 0.4) is 0 Å². The Labute approximate surface area is 174 Å². The van der Waals surface area contributed by atoms with Gasteiger partial charge in [0.1, 0.15) is 0 Å². The van der Waals surface area contributed by atoms with E-state index in [1.165, 1.54) is 18.9 Å². The Hall–Kier alpha value is -1.88. The minimum atomic E-state index is -0.0633. The van der Waals surface area contributed by atoms with E-state index in [1.807, 2.05) is 12.1 Å². The molecular formula is C24H34N2O3. The molecule has 4 rings (SSSR count). The molecule has 1 aliphatic heterocycles. The SMILES string of the molecule is CCCC(=O)N[C@H]1C(C)(C)[C@@H]2C[C@@H]3[C@@H](c4ccc(NC(C)=O)cc4)OCCC31C2. The lowest BCUT2D eigenvalue weighted by molar-refractivity contribution is -0.137. The number of fused-ring (bicyclic) bond motifs is 1. The van der Waals surface area contributed by atoms with Crippen LogP contribution in [-0.4, -0.2) is 24.5 Å². The van der Waals surface area contributed by atoms with E-state index in [9.17, 15) is 9.59 Å². The van der Waals surface area contributed by atoms with Crippen LogP contribution in [0.2, 0.25) is 0 Å². The van der Waals surface area contributed by atoms with Crippen LogP contribution in [0.1, 0.15) is 71.5 Å². The van der Waals surface area contributed by atoms with Gasteiger partial charge < -0.3 is 15.4 Å². The molecule has 2 N–H and O–H groups in total. The third kappa shape index (κ3) is 3.37. The number of benzene rings is 1. The molecule has 1 aromatic carbocycles. The third-order valence-electron chi connectivity index (χ3n) is 7.85. The molecule has 3 fully saturated rings. The van der Waals surface area contributed by atoms with Crippen molar-refractivity contribution in [2.45, 2.75) is 71.9 Å². The first-order chi connectivity index (χ1) is 13.8. The first-order valence-electron chi connectivity index (χ1n) is 11.1. The van der Waals surface area contributed by atoms with Gasteiger partial charge in [-0.15, -0.1) is 0 Å². The van der Waals surface area contributed by atoms with Crippen LogP contribution in [0.15, 0.2) is 24.3 Å². The average molecular weight is 399 g/mol. The number of amides is 2. The number of anilines is 1. The molecule has 5 nitrogen and oxygen atoms in total. The average Bonchev–Trinajstić information content (AvgIpc) is 3.15. The predicted octanol–water partition coefficient (Wildman–Crippen LogP) is 4.44. The predicted molar refractivity (Wildman–Crippen MR) is 113 cm³/mol. The lowest BCUT2D eigenvalue weighted by Gasteiger charge is -2.53. The van der Waals surface area contributed by atoms with Gasteiger partial charge in [0.25, 0.3) is 0 Å². The molecule has 1 saturated heterocycles. The van der Waals surface area contributed by atoms with Crippen LogP contribution in [0, 0.1) is 22.7 Å². The van der Waals surface area contributed by atoms with Gasteiger partial charge in [0, 0.05) is 31.7 Å². The van der Waals surface area contributed by atoms with Crippen molar-refractivity contribution in [3.63, 3.8) is 0 Å². The highest BCUT2D eigenvalue weighted by molar-refractivity contribution is 5.88. The summed E-state index contributed by atoms with van der Waals surface area (Å²) < 4.78 is 6.32. The Morgan fingerprint density at radius 3 is 2.59 bits per heavy atom. The minimum absolute atomic E-state index is 0.0572. The maximum Gasteiger partial charge on any atom is 0.221 e. The molecule has 1 unspecified atom stereocenters. The summed E-state index contributed by atoms with van der Waals surface area (Å²) in [6.45, 7) is 8.99. The van der Waals surface area contributed by atoms with Crippen LogP contribution >= 0.6 is 0 Å². The van der Waals surface area contributed by atoms with Crippen molar-refractivity contribution in [3.05, 3.63) is 29.8 Å². The van der Waals surface area contributed by atoms with E-state index in [-0.39, 0.29) is 34.8 Å². The van der Waals surface area contributed by atoms with Crippen LogP contribution in [0.5, 0.6) is 0 Å². The Morgan fingerprint density at radius 1 is 1.21 bits per heavy atom. The number of rotatable bonds is 5. The monoisotopic (exact) mass is 398 g/mol. The lowest BCUT2D eigenvalue weighted by atomic mass is 9.59. The molecule has 2 saturated carbocycles. The summed E-state index contributed by atoms with van der Waals surface area (Å²) in [7, 11) is 0. The van der Waals surface area contributed by atoms with E-state index in [0.29, 0.717) is 18.3 Å². The van der Waals surface area contributed by atoms with Crippen LogP contribution in [0.25, 0.3) is 0 Å². The van der Waals surface area contributed by atoms with Gasteiger partial charge >= 0.3 is 0 Å². The normalized spacial score (nSPS) is 34.5. The summed E-state index contributed by atoms with van der Waals surface area (Å²) in [5.74, 6) is 1.16. The van der Waals surface area contributed by atoms with E-state index >= 15 is 0 Å². The zero-order valence-electron chi connectivity index (χ0n) is 18.1. The molecule has 2 amide bonds. The second kappa shape index (κ2) is 7.42. The second-order valence-corrected chi connectivity index (χ2v) is 9.89. The van der Waals surface area contributed by atoms with Gasteiger partial charge in [-0.25, -0.2) is 0 Å². The number of ether oxygens (including phenoxy) is 1. The molecule has 5 atom stereocenters. The van der Waals surface area contributed by atoms with Gasteiger partial charge in [0.15, 0.2) is 0 Å². The highest BCUT2D eigenvalue weighted by atomic mass is 16.5. The highest BCUT2D eigenvalue weighted by Crippen LogP contribution is 2.70. The van der Waals surface area contributed by atoms with Crippen molar-refractivity contribution >= 4 is 17.5 Å². The van der Waals surface area contributed by atoms with Crippen LogP contribution < -0.4 is 10.6 Å². The first-order valence-corrected chi connectivity index (χ1v) is 11.1. The molecule has 1 heterocycles. The standard InChI is InChI=1S/C24H34N2O3/c1-5-6-20(28)26-22-23(3,4)17-13-19-21(29-12-11-24(19,22)14-17)16-7-9-18(10-8-16)25-15(2)27/h7-10,17,19,21-22H,5-6,11-14H2,1-4H3,(H,25,27)(H,26,28)/t17-,19-,21-,22+,24?/m1/s1. The molecular weight excluding hydrogens is 364 g/mol. The molecule has 0 aromatic heterocycles. The van der Waals surface area contributed by atoms with Gasteiger partial charge in [0.2, 0.25) is 11.8 Å². The number of carbonyl (C=O) groups is 2. The fourth-order valence-electron chi connectivity index (χ4n) is 6.54. The summed E-state index contributed by atoms with van der Waals surface area (Å²) in [5, 5.41) is 6.28. The molecule has 1 aromatic rings. The fraction of sp³-hybridized carbons (Fsp3) is 0.667. The molecule has 3 aliphatic rings. The maximum atomic E-state index is 12.5. The Kier molecular flexibility index (Phi) is 5.22. The Morgan fingerprint density at radius 2 is 1.93 bits per heavy atom. The molecule has 1 spiro atoms. The van der Waals surface area contributed by atoms with E-state index in [2.05, 4.69) is 43.5 Å². The Bertz CT molecular complexity index is 788. The third-order valence-corrected chi connectivity index (χ3v) is 7.85. The molecule has 2 aliphatic carbocycles. The van der Waals surface area contributed by atoms with Gasteiger partial charge in [-0.2, -0.15) is 0 Å². The lowest BCUT2D eigenvalue weighted by Crippen LogP contribution is -2.58. The van der Waals surface area contributed by atoms with Crippen molar-refractivity contribution in [3.8, 4) is 0 Å². The number of carbonyl (C=O) groups excluding carboxylic acids is 2.